The molecular formula is C19H25IN4O. The van der Waals surface area contributed by atoms with Gasteiger partial charge in [0.1, 0.15) is 12.0 Å². The first kappa shape index (κ1) is 19.5. The lowest BCUT2D eigenvalue weighted by molar-refractivity contribution is 0.572. The van der Waals surface area contributed by atoms with E-state index in [1.807, 2.05) is 12.1 Å². The number of guanidine groups is 1. The summed E-state index contributed by atoms with van der Waals surface area (Å²) < 4.78 is 5.59. The number of hydrogen-bond donors (Lipinski definition) is 2. The maximum absolute atomic E-state index is 5.59. The molecule has 5 nitrogen and oxygen atoms in total. The summed E-state index contributed by atoms with van der Waals surface area (Å²) in [5, 5.41) is 6.73. The third-order valence-corrected chi connectivity index (χ3v) is 3.94. The van der Waals surface area contributed by atoms with Gasteiger partial charge in [0.05, 0.1) is 6.54 Å². The van der Waals surface area contributed by atoms with Gasteiger partial charge in [-0.2, -0.15) is 0 Å². The number of rotatable bonds is 5. The van der Waals surface area contributed by atoms with E-state index in [1.165, 1.54) is 5.56 Å². The Hall–Kier alpha value is -1.83. The molecule has 0 saturated carbocycles. The number of aromatic nitrogens is 1. The van der Waals surface area contributed by atoms with Crippen molar-refractivity contribution in [1.82, 2.24) is 15.6 Å². The smallest absolute Gasteiger partial charge is 0.226 e. The molecule has 2 aromatic rings. The van der Waals surface area contributed by atoms with E-state index in [1.54, 1.807) is 6.26 Å². The Balaban J connectivity index is 0.00000225. The van der Waals surface area contributed by atoms with Crippen LogP contribution in [0.5, 0.6) is 0 Å². The van der Waals surface area contributed by atoms with E-state index in [-0.39, 0.29) is 24.0 Å². The van der Waals surface area contributed by atoms with Crippen LogP contribution < -0.4 is 10.6 Å². The van der Waals surface area contributed by atoms with Crippen LogP contribution in [0.3, 0.4) is 0 Å². The first-order valence-electron chi connectivity index (χ1n) is 8.46. The Morgan fingerprint density at radius 2 is 1.96 bits per heavy atom. The molecule has 0 unspecified atom stereocenters. The molecule has 134 valence electrons. The van der Waals surface area contributed by atoms with Gasteiger partial charge in [-0.3, -0.25) is 0 Å². The zero-order chi connectivity index (χ0) is 16.8. The topological polar surface area (TPSA) is 62.5 Å². The van der Waals surface area contributed by atoms with Gasteiger partial charge in [0.15, 0.2) is 5.96 Å². The Morgan fingerprint density at radius 1 is 1.24 bits per heavy atom. The fourth-order valence-corrected chi connectivity index (χ4v) is 2.62. The van der Waals surface area contributed by atoms with Crippen LogP contribution in [-0.2, 0) is 6.54 Å². The molecule has 1 heterocycles. The molecule has 0 atom stereocenters. The molecule has 1 aromatic carbocycles. The quantitative estimate of drug-likeness (QED) is 0.311. The third-order valence-electron chi connectivity index (χ3n) is 3.94. The predicted octanol–water partition coefficient (Wildman–Crippen LogP) is 4.04. The van der Waals surface area contributed by atoms with Gasteiger partial charge in [-0.15, -0.1) is 24.0 Å². The van der Waals surface area contributed by atoms with Gasteiger partial charge in [0.25, 0.3) is 0 Å². The normalized spacial score (nSPS) is 14.4. The largest absolute Gasteiger partial charge is 0.444 e. The standard InChI is InChI=1S/C19H24N4O.HI/c1-3-20-19(23-16-6-4-5-7-16)21-12-17-13-24-18(22-17)15-10-8-14(2)9-11-15;/h4-5,8-11,13,16H,3,6-7,12H2,1-2H3,(H2,20,21,23);1H. The number of hydrogen-bond acceptors (Lipinski definition) is 3. The van der Waals surface area contributed by atoms with Crippen molar-refractivity contribution in [1.29, 1.82) is 0 Å². The Bertz CT molecular complexity index is 713. The molecule has 0 spiro atoms. The van der Waals surface area contributed by atoms with E-state index >= 15 is 0 Å². The summed E-state index contributed by atoms with van der Waals surface area (Å²) in [6.07, 6.45) is 8.18. The monoisotopic (exact) mass is 452 g/mol. The molecule has 0 aliphatic heterocycles. The molecule has 1 aliphatic carbocycles. The minimum absolute atomic E-state index is 0. The summed E-state index contributed by atoms with van der Waals surface area (Å²) in [6, 6.07) is 8.59. The van der Waals surface area contributed by atoms with Gasteiger partial charge in [-0.05, 0) is 38.8 Å². The van der Waals surface area contributed by atoms with E-state index in [2.05, 4.69) is 58.7 Å². The molecule has 0 saturated heterocycles. The number of nitrogens with one attached hydrogen (secondary N) is 2. The number of aryl methyl sites for hydroxylation is 1. The van der Waals surface area contributed by atoms with Gasteiger partial charge >= 0.3 is 0 Å². The predicted molar refractivity (Wildman–Crippen MR) is 112 cm³/mol. The summed E-state index contributed by atoms with van der Waals surface area (Å²) in [4.78, 5) is 9.14. The second-order valence-electron chi connectivity index (χ2n) is 5.99. The van der Waals surface area contributed by atoms with Crippen LogP contribution in [0, 0.1) is 6.92 Å². The third kappa shape index (κ3) is 5.59. The highest BCUT2D eigenvalue weighted by Crippen LogP contribution is 2.19. The van der Waals surface area contributed by atoms with E-state index in [9.17, 15) is 0 Å². The minimum Gasteiger partial charge on any atom is -0.444 e. The van der Waals surface area contributed by atoms with Crippen LogP contribution in [0.1, 0.15) is 31.0 Å². The van der Waals surface area contributed by atoms with Crippen molar-refractivity contribution in [2.24, 2.45) is 4.99 Å². The van der Waals surface area contributed by atoms with Crippen LogP contribution in [0.2, 0.25) is 0 Å². The maximum Gasteiger partial charge on any atom is 0.226 e. The van der Waals surface area contributed by atoms with Gasteiger partial charge < -0.3 is 15.1 Å². The molecular weight excluding hydrogens is 427 g/mol. The van der Waals surface area contributed by atoms with Crippen molar-refractivity contribution in [2.45, 2.75) is 39.3 Å². The molecule has 0 fully saturated rings. The highest BCUT2D eigenvalue weighted by Gasteiger charge is 2.12. The van der Waals surface area contributed by atoms with Crippen LogP contribution >= 0.6 is 24.0 Å². The number of halogens is 1. The SMILES string of the molecule is CCNC(=NCc1coc(-c2ccc(C)cc2)n1)NC1CC=CC1.I. The Morgan fingerprint density at radius 3 is 2.64 bits per heavy atom. The number of nitrogens with zero attached hydrogens (tertiary/aromatic N) is 2. The average molecular weight is 452 g/mol. The Kier molecular flexibility index (Phi) is 7.49. The van der Waals surface area contributed by atoms with Crippen LogP contribution in [-0.4, -0.2) is 23.5 Å². The van der Waals surface area contributed by atoms with E-state index in [4.69, 9.17) is 4.42 Å². The van der Waals surface area contributed by atoms with Crippen molar-refractivity contribution in [2.75, 3.05) is 6.54 Å². The van der Waals surface area contributed by atoms with E-state index in [0.29, 0.717) is 18.5 Å². The van der Waals surface area contributed by atoms with E-state index < -0.39 is 0 Å². The van der Waals surface area contributed by atoms with Crippen LogP contribution in [0.25, 0.3) is 11.5 Å². The molecule has 3 rings (SSSR count). The summed E-state index contributed by atoms with van der Waals surface area (Å²) in [6.45, 7) is 5.45. The Labute approximate surface area is 166 Å². The number of aliphatic imine (C=N–C) groups is 1. The molecule has 6 heteroatoms. The lowest BCUT2D eigenvalue weighted by Crippen LogP contribution is -2.42. The maximum atomic E-state index is 5.59. The second-order valence-corrected chi connectivity index (χ2v) is 5.99. The van der Waals surface area contributed by atoms with Gasteiger partial charge in [0, 0.05) is 18.2 Å². The molecule has 0 bridgehead atoms. The van der Waals surface area contributed by atoms with Crippen molar-refractivity contribution in [3.05, 3.63) is 53.9 Å². The molecule has 25 heavy (non-hydrogen) atoms. The van der Waals surface area contributed by atoms with E-state index in [0.717, 1.165) is 36.6 Å². The molecule has 0 radical (unpaired) electrons. The fraction of sp³-hybridized carbons (Fsp3) is 0.368. The molecule has 0 amide bonds. The van der Waals surface area contributed by atoms with Crippen LogP contribution in [0.15, 0.2) is 52.1 Å². The summed E-state index contributed by atoms with van der Waals surface area (Å²) in [5.41, 5.74) is 3.03. The average Bonchev–Trinajstić information content (AvgIpc) is 3.25. The van der Waals surface area contributed by atoms with Crippen molar-refractivity contribution < 1.29 is 4.42 Å². The van der Waals surface area contributed by atoms with Crippen LogP contribution in [0.4, 0.5) is 0 Å². The number of oxazole rings is 1. The number of benzene rings is 1. The van der Waals surface area contributed by atoms with Gasteiger partial charge in [-0.25, -0.2) is 9.98 Å². The zero-order valence-corrected chi connectivity index (χ0v) is 17.0. The summed E-state index contributed by atoms with van der Waals surface area (Å²) >= 11 is 0. The highest BCUT2D eigenvalue weighted by atomic mass is 127. The van der Waals surface area contributed by atoms with Gasteiger partial charge in [0.2, 0.25) is 5.89 Å². The van der Waals surface area contributed by atoms with Crippen molar-refractivity contribution in [3.8, 4) is 11.5 Å². The molecule has 1 aromatic heterocycles. The minimum atomic E-state index is 0. The lowest BCUT2D eigenvalue weighted by Gasteiger charge is -2.16. The summed E-state index contributed by atoms with van der Waals surface area (Å²) in [7, 11) is 0. The second kappa shape index (κ2) is 9.60. The zero-order valence-electron chi connectivity index (χ0n) is 14.7. The lowest BCUT2D eigenvalue weighted by atomic mass is 10.1. The highest BCUT2D eigenvalue weighted by molar-refractivity contribution is 14.0. The fourth-order valence-electron chi connectivity index (χ4n) is 2.62. The first-order valence-corrected chi connectivity index (χ1v) is 8.46. The van der Waals surface area contributed by atoms with Gasteiger partial charge in [-0.1, -0.05) is 29.8 Å². The first-order chi connectivity index (χ1) is 11.7. The van der Waals surface area contributed by atoms with Crippen molar-refractivity contribution >= 4 is 29.9 Å². The molecule has 1 aliphatic rings. The summed E-state index contributed by atoms with van der Waals surface area (Å²) in [5.74, 6) is 1.46. The van der Waals surface area contributed by atoms with Crippen molar-refractivity contribution in [3.63, 3.8) is 0 Å². The molecule has 2 N–H and O–H groups in total.